The summed E-state index contributed by atoms with van der Waals surface area (Å²) < 4.78 is 6.90. The molecule has 0 aliphatic heterocycles. The molecule has 0 saturated carbocycles. The minimum atomic E-state index is -0.0997. The lowest BCUT2D eigenvalue weighted by atomic mass is 9.82. The van der Waals surface area contributed by atoms with Crippen LogP contribution in [0.3, 0.4) is 0 Å². The van der Waals surface area contributed by atoms with E-state index < -0.39 is 0 Å². The molecule has 1 aliphatic carbocycles. The second-order valence-corrected chi connectivity index (χ2v) is 15.3. The first-order chi connectivity index (χ1) is 27.0. The van der Waals surface area contributed by atoms with Gasteiger partial charge in [0.05, 0.1) is 0 Å². The summed E-state index contributed by atoms with van der Waals surface area (Å²) in [7, 11) is 0. The first-order valence-corrected chi connectivity index (χ1v) is 19.1. The molecule has 1 aliphatic rings. The van der Waals surface area contributed by atoms with Crippen LogP contribution in [-0.4, -0.2) is 0 Å². The Balaban J connectivity index is 1.04. The molecule has 0 N–H and O–H groups in total. The zero-order chi connectivity index (χ0) is 36.7. The number of para-hydroxylation sites is 1. The predicted molar refractivity (Wildman–Crippen MR) is 232 cm³/mol. The molecule has 2 heteroatoms. The zero-order valence-electron chi connectivity index (χ0n) is 30.8. The topological polar surface area (TPSA) is 16.4 Å². The first kappa shape index (κ1) is 31.6. The second-order valence-electron chi connectivity index (χ2n) is 15.3. The van der Waals surface area contributed by atoms with Gasteiger partial charge in [0.1, 0.15) is 11.2 Å². The molecule has 10 aromatic rings. The summed E-state index contributed by atoms with van der Waals surface area (Å²) in [6.45, 7) is 4.69. The standard InChI is InChI=1S/C53H37NO/c1-53(2)48-18-9-8-15-44(48)45-32-30-41(33-49(45)53)54(39-26-21-35(22-27-39)34-11-4-3-5-12-34)40-28-23-37(24-29-40)43-16-10-17-46-47-31-25-38-20-19-36-13-6-7-14-42(36)50(38)52(47)55-51(43)46/h3-33H,1-2H3. The molecule has 2 nitrogen and oxygen atoms in total. The first-order valence-electron chi connectivity index (χ1n) is 19.1. The molecule has 0 fully saturated rings. The van der Waals surface area contributed by atoms with Crippen molar-refractivity contribution >= 4 is 60.5 Å². The summed E-state index contributed by atoms with van der Waals surface area (Å²) in [5.74, 6) is 0. The average Bonchev–Trinajstić information content (AvgIpc) is 3.74. The highest BCUT2D eigenvalue weighted by Gasteiger charge is 2.35. The summed E-state index contributed by atoms with van der Waals surface area (Å²) in [4.78, 5) is 2.39. The highest BCUT2D eigenvalue weighted by Crippen LogP contribution is 2.51. The van der Waals surface area contributed by atoms with Gasteiger partial charge in [0.15, 0.2) is 0 Å². The third kappa shape index (κ3) is 4.88. The van der Waals surface area contributed by atoms with Crippen LogP contribution >= 0.6 is 0 Å². The molecule has 1 aromatic heterocycles. The Hall–Kier alpha value is -6.90. The van der Waals surface area contributed by atoms with Crippen LogP contribution in [0.4, 0.5) is 17.1 Å². The Labute approximate surface area is 320 Å². The number of furan rings is 1. The van der Waals surface area contributed by atoms with Gasteiger partial charge in [-0.1, -0.05) is 159 Å². The van der Waals surface area contributed by atoms with Crippen LogP contribution in [0.25, 0.3) is 76.9 Å². The second kappa shape index (κ2) is 12.1. The number of hydrogen-bond acceptors (Lipinski definition) is 2. The summed E-state index contributed by atoms with van der Waals surface area (Å²) >= 11 is 0. The van der Waals surface area contributed by atoms with Gasteiger partial charge in [0.25, 0.3) is 0 Å². The van der Waals surface area contributed by atoms with Crippen molar-refractivity contribution in [1.82, 2.24) is 0 Å². The molecule has 0 saturated heterocycles. The van der Waals surface area contributed by atoms with Crippen molar-refractivity contribution in [2.45, 2.75) is 19.3 Å². The highest BCUT2D eigenvalue weighted by atomic mass is 16.3. The highest BCUT2D eigenvalue weighted by molar-refractivity contribution is 6.24. The third-order valence-electron chi connectivity index (χ3n) is 11.9. The lowest BCUT2D eigenvalue weighted by Crippen LogP contribution is -2.16. The van der Waals surface area contributed by atoms with Gasteiger partial charge < -0.3 is 9.32 Å². The predicted octanol–water partition coefficient (Wildman–Crippen LogP) is 15.0. The van der Waals surface area contributed by atoms with Gasteiger partial charge in [-0.2, -0.15) is 0 Å². The SMILES string of the molecule is CC1(C)c2ccccc2-c2ccc(N(c3ccc(-c4ccccc4)cc3)c3ccc(-c4cccc5c4oc4c5ccc5ccc6ccccc6c54)cc3)cc21. The van der Waals surface area contributed by atoms with Gasteiger partial charge in [-0.05, 0) is 97.6 Å². The Morgan fingerprint density at radius 1 is 0.382 bits per heavy atom. The van der Waals surface area contributed by atoms with Gasteiger partial charge in [-0.25, -0.2) is 0 Å². The van der Waals surface area contributed by atoms with Crippen molar-refractivity contribution < 1.29 is 4.42 Å². The number of hydrogen-bond donors (Lipinski definition) is 0. The Morgan fingerprint density at radius 3 is 1.78 bits per heavy atom. The molecule has 11 rings (SSSR count). The minimum Gasteiger partial charge on any atom is -0.455 e. The van der Waals surface area contributed by atoms with Crippen molar-refractivity contribution in [2.75, 3.05) is 4.90 Å². The van der Waals surface area contributed by atoms with Crippen LogP contribution in [0.1, 0.15) is 25.0 Å². The van der Waals surface area contributed by atoms with E-state index in [1.165, 1.54) is 54.9 Å². The molecule has 1 heterocycles. The number of rotatable bonds is 5. The van der Waals surface area contributed by atoms with E-state index in [0.29, 0.717) is 0 Å². The monoisotopic (exact) mass is 703 g/mol. The van der Waals surface area contributed by atoms with E-state index in [4.69, 9.17) is 4.42 Å². The smallest absolute Gasteiger partial charge is 0.143 e. The molecule has 0 amide bonds. The van der Waals surface area contributed by atoms with Gasteiger partial charge in [-0.15, -0.1) is 0 Å². The van der Waals surface area contributed by atoms with E-state index in [-0.39, 0.29) is 5.41 Å². The molecular weight excluding hydrogens is 667 g/mol. The van der Waals surface area contributed by atoms with E-state index in [0.717, 1.165) is 50.1 Å². The molecule has 0 spiro atoms. The van der Waals surface area contributed by atoms with Crippen LogP contribution < -0.4 is 4.90 Å². The fourth-order valence-corrected chi connectivity index (χ4v) is 9.07. The van der Waals surface area contributed by atoms with E-state index in [9.17, 15) is 0 Å². The van der Waals surface area contributed by atoms with E-state index in [1.807, 2.05) is 0 Å². The number of benzene rings is 9. The van der Waals surface area contributed by atoms with Crippen molar-refractivity contribution in [3.05, 3.63) is 199 Å². The Bertz CT molecular complexity index is 3100. The largest absolute Gasteiger partial charge is 0.455 e. The summed E-state index contributed by atoms with van der Waals surface area (Å²) in [6, 6.07) is 68.3. The minimum absolute atomic E-state index is 0.0997. The molecule has 9 aromatic carbocycles. The van der Waals surface area contributed by atoms with Gasteiger partial charge in [-0.3, -0.25) is 0 Å². The van der Waals surface area contributed by atoms with E-state index in [1.54, 1.807) is 0 Å². The van der Waals surface area contributed by atoms with Crippen molar-refractivity contribution in [1.29, 1.82) is 0 Å². The van der Waals surface area contributed by atoms with Crippen LogP contribution in [0.15, 0.2) is 192 Å². The van der Waals surface area contributed by atoms with Crippen molar-refractivity contribution in [3.63, 3.8) is 0 Å². The summed E-state index contributed by atoms with van der Waals surface area (Å²) in [5, 5.41) is 7.06. The molecule has 0 bridgehead atoms. The number of nitrogens with zero attached hydrogens (tertiary/aromatic N) is 1. The maximum absolute atomic E-state index is 6.90. The maximum Gasteiger partial charge on any atom is 0.143 e. The summed E-state index contributed by atoms with van der Waals surface area (Å²) in [5.41, 5.74) is 15.1. The lowest BCUT2D eigenvalue weighted by Gasteiger charge is -2.28. The van der Waals surface area contributed by atoms with E-state index in [2.05, 4.69) is 207 Å². The van der Waals surface area contributed by atoms with Crippen LogP contribution in [0, 0.1) is 0 Å². The van der Waals surface area contributed by atoms with Gasteiger partial charge >= 0.3 is 0 Å². The molecular formula is C53H37NO. The van der Waals surface area contributed by atoms with Crippen molar-refractivity contribution in [3.8, 4) is 33.4 Å². The lowest BCUT2D eigenvalue weighted by molar-refractivity contribution is 0.660. The number of fused-ring (bicyclic) bond motifs is 10. The molecule has 260 valence electrons. The molecule has 0 radical (unpaired) electrons. The zero-order valence-corrected chi connectivity index (χ0v) is 30.8. The van der Waals surface area contributed by atoms with Crippen LogP contribution in [0.2, 0.25) is 0 Å². The average molecular weight is 704 g/mol. The fraction of sp³-hybridized carbons (Fsp3) is 0.0566. The molecule has 0 unspecified atom stereocenters. The molecule has 0 atom stereocenters. The normalized spacial score (nSPS) is 13.1. The fourth-order valence-electron chi connectivity index (χ4n) is 9.07. The number of anilines is 3. The van der Waals surface area contributed by atoms with Crippen LogP contribution in [0.5, 0.6) is 0 Å². The summed E-state index contributed by atoms with van der Waals surface area (Å²) in [6.07, 6.45) is 0. The molecule has 55 heavy (non-hydrogen) atoms. The Morgan fingerprint density at radius 2 is 0.964 bits per heavy atom. The third-order valence-corrected chi connectivity index (χ3v) is 11.9. The van der Waals surface area contributed by atoms with Gasteiger partial charge in [0, 0.05) is 44.2 Å². The Kier molecular flexibility index (Phi) is 6.93. The quantitative estimate of drug-likeness (QED) is 0.166. The van der Waals surface area contributed by atoms with Crippen molar-refractivity contribution in [2.24, 2.45) is 0 Å². The van der Waals surface area contributed by atoms with Gasteiger partial charge in [0.2, 0.25) is 0 Å². The maximum atomic E-state index is 6.90. The van der Waals surface area contributed by atoms with E-state index >= 15 is 0 Å². The van der Waals surface area contributed by atoms with Crippen LogP contribution in [-0.2, 0) is 5.41 Å².